The van der Waals surface area contributed by atoms with Gasteiger partial charge in [0.25, 0.3) is 0 Å². The minimum atomic E-state index is 0.955. The van der Waals surface area contributed by atoms with E-state index in [-0.39, 0.29) is 0 Å². The van der Waals surface area contributed by atoms with Crippen LogP contribution in [0.15, 0.2) is 10.2 Å². The lowest BCUT2D eigenvalue weighted by atomic mass is 10.4. The maximum atomic E-state index is 4.16. The third kappa shape index (κ3) is 2.28. The first-order valence-corrected chi connectivity index (χ1v) is 5.02. The summed E-state index contributed by atoms with van der Waals surface area (Å²) in [5.41, 5.74) is 2.23. The Bertz CT molecular complexity index is 391. The van der Waals surface area contributed by atoms with Crippen molar-refractivity contribution >= 4 is 17.0 Å². The normalized spacial score (nSPS) is 11.9. The van der Waals surface area contributed by atoms with E-state index in [1.54, 1.807) is 11.3 Å². The van der Waals surface area contributed by atoms with Gasteiger partial charge in [0.05, 0.1) is 0 Å². The van der Waals surface area contributed by atoms with Crippen molar-refractivity contribution in [3.63, 3.8) is 0 Å². The number of aryl methyl sites for hydroxylation is 1. The fourth-order valence-corrected chi connectivity index (χ4v) is 1.80. The predicted molar refractivity (Wildman–Crippen MR) is 57.1 cm³/mol. The van der Waals surface area contributed by atoms with Gasteiger partial charge < -0.3 is 4.57 Å². The summed E-state index contributed by atoms with van der Waals surface area (Å²) in [5, 5.41) is 8.20. The number of hydrogen-bond acceptors (Lipinski definition) is 3. The van der Waals surface area contributed by atoms with Crippen LogP contribution in [0.3, 0.4) is 0 Å². The zero-order chi connectivity index (χ0) is 10.0. The molecule has 0 aliphatic heterocycles. The smallest absolute Gasteiger partial charge is 0.210 e. The Hall–Kier alpha value is -0.900. The molecule has 0 aromatic carbocycles. The van der Waals surface area contributed by atoms with Crippen molar-refractivity contribution in [2.75, 3.05) is 0 Å². The fraction of sp³-hybridized carbons (Fsp3) is 0.556. The second-order valence-electron chi connectivity index (χ2n) is 3.23. The zero-order valence-electron chi connectivity index (χ0n) is 8.75. The van der Waals surface area contributed by atoms with Crippen LogP contribution in [0.25, 0.3) is 0 Å². The lowest BCUT2D eigenvalue weighted by Crippen LogP contribution is -2.10. The van der Waals surface area contributed by atoms with Crippen molar-refractivity contribution in [3.8, 4) is 0 Å². The molecule has 0 bridgehead atoms. The summed E-state index contributed by atoms with van der Waals surface area (Å²) in [6.45, 7) is 8.07. The largest absolute Gasteiger partial charge is 0.322 e. The lowest BCUT2D eigenvalue weighted by molar-refractivity contribution is 0.815. The minimum Gasteiger partial charge on any atom is -0.322 e. The van der Waals surface area contributed by atoms with Crippen molar-refractivity contribution in [1.82, 2.24) is 4.57 Å². The number of nitrogens with zero attached hydrogens (tertiary/aromatic N) is 3. The van der Waals surface area contributed by atoms with E-state index in [2.05, 4.69) is 28.6 Å². The van der Waals surface area contributed by atoms with E-state index < -0.39 is 0 Å². The molecule has 0 aliphatic carbocycles. The van der Waals surface area contributed by atoms with Crippen molar-refractivity contribution in [3.05, 3.63) is 15.4 Å². The van der Waals surface area contributed by atoms with Crippen LogP contribution in [0.2, 0.25) is 0 Å². The molecule has 0 saturated heterocycles. The highest BCUT2D eigenvalue weighted by Gasteiger charge is 2.00. The second kappa shape index (κ2) is 3.87. The molecule has 0 N–H and O–H groups in total. The SMILES string of the molecule is CC(C)=N/N=c1\sc(C)c(C)n1C. The van der Waals surface area contributed by atoms with Crippen molar-refractivity contribution in [2.45, 2.75) is 27.7 Å². The Morgan fingerprint density at radius 3 is 2.31 bits per heavy atom. The third-order valence-electron chi connectivity index (χ3n) is 1.88. The van der Waals surface area contributed by atoms with Gasteiger partial charge in [-0.3, -0.25) is 0 Å². The molecule has 13 heavy (non-hydrogen) atoms. The van der Waals surface area contributed by atoms with E-state index in [0.29, 0.717) is 0 Å². The van der Waals surface area contributed by atoms with Gasteiger partial charge in [0, 0.05) is 23.3 Å². The molecular weight excluding hydrogens is 182 g/mol. The van der Waals surface area contributed by atoms with Crippen LogP contribution in [0.1, 0.15) is 24.4 Å². The second-order valence-corrected chi connectivity index (χ2v) is 4.41. The standard InChI is InChI=1S/C9H15N3S/c1-6(2)10-11-9-12(5)7(3)8(4)13-9/h1-5H3/b11-9-. The van der Waals surface area contributed by atoms with Crippen LogP contribution in [-0.4, -0.2) is 10.3 Å². The summed E-state index contributed by atoms with van der Waals surface area (Å²) in [6.07, 6.45) is 0. The van der Waals surface area contributed by atoms with Gasteiger partial charge in [-0.1, -0.05) is 0 Å². The maximum Gasteiger partial charge on any atom is 0.210 e. The molecule has 1 aromatic rings. The van der Waals surface area contributed by atoms with Crippen LogP contribution in [0.5, 0.6) is 0 Å². The Balaban J connectivity index is 3.24. The van der Waals surface area contributed by atoms with Gasteiger partial charge in [-0.15, -0.1) is 16.4 Å². The molecule has 0 atom stereocenters. The van der Waals surface area contributed by atoms with E-state index in [1.165, 1.54) is 10.6 Å². The molecule has 72 valence electrons. The molecule has 0 unspecified atom stereocenters. The molecule has 0 fully saturated rings. The molecule has 0 spiro atoms. The molecule has 0 saturated carbocycles. The number of aromatic nitrogens is 1. The highest BCUT2D eigenvalue weighted by Crippen LogP contribution is 2.07. The molecule has 4 heteroatoms. The highest BCUT2D eigenvalue weighted by molar-refractivity contribution is 7.09. The first-order valence-electron chi connectivity index (χ1n) is 4.20. The average Bonchev–Trinajstić information content (AvgIpc) is 2.29. The number of thiazole rings is 1. The molecule has 1 rings (SSSR count). The van der Waals surface area contributed by atoms with Crippen LogP contribution in [-0.2, 0) is 7.05 Å². The highest BCUT2D eigenvalue weighted by atomic mass is 32.1. The minimum absolute atomic E-state index is 0.955. The van der Waals surface area contributed by atoms with E-state index in [1.807, 2.05) is 20.9 Å². The van der Waals surface area contributed by atoms with Crippen molar-refractivity contribution in [2.24, 2.45) is 17.3 Å². The summed E-state index contributed by atoms with van der Waals surface area (Å²) < 4.78 is 2.06. The molecule has 1 aromatic heterocycles. The van der Waals surface area contributed by atoms with Crippen LogP contribution >= 0.6 is 11.3 Å². The van der Waals surface area contributed by atoms with E-state index in [4.69, 9.17) is 0 Å². The van der Waals surface area contributed by atoms with Gasteiger partial charge in [0.1, 0.15) is 0 Å². The summed E-state index contributed by atoms with van der Waals surface area (Å²) >= 11 is 1.67. The maximum absolute atomic E-state index is 4.16. The van der Waals surface area contributed by atoms with Gasteiger partial charge in [0.2, 0.25) is 4.80 Å². The first-order chi connectivity index (χ1) is 6.02. The molecule has 0 aliphatic rings. The molecule has 0 radical (unpaired) electrons. The molecule has 3 nitrogen and oxygen atoms in total. The third-order valence-corrected chi connectivity index (χ3v) is 3.02. The van der Waals surface area contributed by atoms with Crippen LogP contribution in [0.4, 0.5) is 0 Å². The topological polar surface area (TPSA) is 29.6 Å². The monoisotopic (exact) mass is 197 g/mol. The summed E-state index contributed by atoms with van der Waals surface area (Å²) in [7, 11) is 2.01. The Labute approximate surface area is 82.5 Å². The average molecular weight is 197 g/mol. The first kappa shape index (κ1) is 10.2. The summed E-state index contributed by atoms with van der Waals surface area (Å²) in [6, 6.07) is 0. The van der Waals surface area contributed by atoms with Gasteiger partial charge >= 0.3 is 0 Å². The quantitative estimate of drug-likeness (QED) is 0.487. The molecular formula is C9H15N3S. The molecule has 1 heterocycles. The Morgan fingerprint density at radius 2 is 1.92 bits per heavy atom. The van der Waals surface area contributed by atoms with E-state index in [9.17, 15) is 0 Å². The van der Waals surface area contributed by atoms with Gasteiger partial charge in [-0.25, -0.2) is 0 Å². The van der Waals surface area contributed by atoms with Gasteiger partial charge in [0.15, 0.2) is 0 Å². The van der Waals surface area contributed by atoms with E-state index >= 15 is 0 Å². The zero-order valence-corrected chi connectivity index (χ0v) is 9.57. The fourth-order valence-electron chi connectivity index (χ4n) is 0.889. The lowest BCUT2D eigenvalue weighted by Gasteiger charge is -1.93. The summed E-state index contributed by atoms with van der Waals surface area (Å²) in [5.74, 6) is 0. The molecule has 0 amide bonds. The van der Waals surface area contributed by atoms with Gasteiger partial charge in [-0.05, 0) is 27.7 Å². The number of rotatable bonds is 1. The Morgan fingerprint density at radius 1 is 1.31 bits per heavy atom. The predicted octanol–water partition coefficient (Wildman–Crippen LogP) is 2.00. The summed E-state index contributed by atoms with van der Waals surface area (Å²) in [4.78, 5) is 2.25. The Kier molecular flexibility index (Phi) is 3.03. The van der Waals surface area contributed by atoms with Gasteiger partial charge in [-0.2, -0.15) is 5.10 Å². The van der Waals surface area contributed by atoms with Crippen LogP contribution in [0, 0.1) is 13.8 Å². The van der Waals surface area contributed by atoms with Crippen LogP contribution < -0.4 is 4.80 Å². The number of hydrogen-bond donors (Lipinski definition) is 0. The van der Waals surface area contributed by atoms with Crippen molar-refractivity contribution in [1.29, 1.82) is 0 Å². The van der Waals surface area contributed by atoms with E-state index in [0.717, 1.165) is 10.5 Å². The van der Waals surface area contributed by atoms with Crippen molar-refractivity contribution < 1.29 is 0 Å².